The van der Waals surface area contributed by atoms with Gasteiger partial charge in [0.25, 0.3) is 0 Å². The van der Waals surface area contributed by atoms with Crippen LogP contribution in [0, 0.1) is 0 Å². The van der Waals surface area contributed by atoms with Gasteiger partial charge in [-0.1, -0.05) is 62.2 Å². The van der Waals surface area contributed by atoms with E-state index in [0.717, 1.165) is 29.6 Å². The number of para-hydroxylation sites is 1. The molecule has 0 radical (unpaired) electrons. The molecule has 2 saturated heterocycles. The lowest BCUT2D eigenvalue weighted by atomic mass is 10.0. The van der Waals surface area contributed by atoms with Crippen LogP contribution in [-0.4, -0.2) is 166 Å². The molecule has 2 aromatic carbocycles. The number of H-pyrrole nitrogens is 2. The number of nitrogens with zero attached hydrogens (tertiary/aromatic N) is 3. The molecule has 2 aromatic heterocycles. The third-order valence-electron chi connectivity index (χ3n) is 13.9. The van der Waals surface area contributed by atoms with Crippen LogP contribution < -0.4 is 59.7 Å². The second kappa shape index (κ2) is 31.3. The summed E-state index contributed by atoms with van der Waals surface area (Å²) in [7, 11) is 0. The van der Waals surface area contributed by atoms with Crippen molar-refractivity contribution < 1.29 is 53.0 Å². The second-order valence-electron chi connectivity index (χ2n) is 20.2. The van der Waals surface area contributed by atoms with E-state index in [9.17, 15) is 48.3 Å². The van der Waals surface area contributed by atoms with Crippen molar-refractivity contribution in [3.05, 3.63) is 89.6 Å². The highest BCUT2D eigenvalue weighted by atomic mass is 16.5. The molecule has 81 heavy (non-hydrogen) atoms. The predicted octanol–water partition coefficient (Wildman–Crippen LogP) is -1.28. The fourth-order valence-corrected chi connectivity index (χ4v) is 9.48. The number of ether oxygens (including phenoxy) is 1. The number of morpholine rings is 1. The van der Waals surface area contributed by atoms with E-state index in [1.165, 1.54) is 12.5 Å². The minimum absolute atomic E-state index is 0.0164. The van der Waals surface area contributed by atoms with E-state index in [1.54, 1.807) is 24.4 Å². The monoisotopic (exact) mass is 1120 g/mol. The van der Waals surface area contributed by atoms with Crippen LogP contribution in [0.5, 0.6) is 0 Å². The first kappa shape index (κ1) is 61.6. The van der Waals surface area contributed by atoms with E-state index >= 15 is 0 Å². The van der Waals surface area contributed by atoms with Crippen LogP contribution in [-0.2, 0) is 68.9 Å². The Kier molecular flexibility index (Phi) is 23.8. The van der Waals surface area contributed by atoms with Gasteiger partial charge in [0.1, 0.15) is 42.3 Å². The van der Waals surface area contributed by atoms with Gasteiger partial charge >= 0.3 is 12.0 Å². The highest BCUT2D eigenvalue weighted by molar-refractivity contribution is 5.99. The first-order chi connectivity index (χ1) is 39.0. The topological polar surface area (TPSA) is 417 Å². The van der Waals surface area contributed by atoms with Crippen LogP contribution in [0.25, 0.3) is 10.9 Å². The molecule has 438 valence electrons. The van der Waals surface area contributed by atoms with Gasteiger partial charge in [-0.2, -0.15) is 0 Å². The minimum atomic E-state index is -1.65. The summed E-state index contributed by atoms with van der Waals surface area (Å²) in [5, 5.41) is 32.3. The lowest BCUT2D eigenvalue weighted by Crippen LogP contribution is -2.61. The summed E-state index contributed by atoms with van der Waals surface area (Å²) in [5.74, 6) is -7.51. The van der Waals surface area contributed by atoms with Gasteiger partial charge in [0.15, 0.2) is 5.96 Å². The number of rotatable bonds is 19. The fourth-order valence-electron chi connectivity index (χ4n) is 9.48. The smallest absolute Gasteiger partial charge is 0.326 e. The van der Waals surface area contributed by atoms with Crippen LogP contribution in [0.15, 0.2) is 72.2 Å². The summed E-state index contributed by atoms with van der Waals surface area (Å²) in [6, 6.07) is 3.64. The van der Waals surface area contributed by atoms with Crippen LogP contribution in [0.1, 0.15) is 87.1 Å². The molecule has 2 fully saturated rings. The highest BCUT2D eigenvalue weighted by Gasteiger charge is 2.36. The van der Waals surface area contributed by atoms with Gasteiger partial charge in [0.05, 0.1) is 26.0 Å². The number of benzene rings is 2. The Labute approximate surface area is 468 Å². The Hall–Kier alpha value is -8.59. The molecule has 7 atom stereocenters. The van der Waals surface area contributed by atoms with Gasteiger partial charge in [0.2, 0.25) is 41.4 Å². The molecule has 9 amide bonds. The van der Waals surface area contributed by atoms with Crippen LogP contribution in [0.3, 0.4) is 0 Å². The number of aliphatic imine (C=N–C) groups is 1. The number of carboxylic acids is 1. The third kappa shape index (κ3) is 19.9. The fraction of sp³-hybridized carbons (Fsp3) is 0.500. The van der Waals surface area contributed by atoms with E-state index in [4.69, 9.17) is 21.9 Å². The van der Waals surface area contributed by atoms with Gasteiger partial charge in [-0.25, -0.2) is 14.6 Å². The Bertz CT molecular complexity index is 2800. The summed E-state index contributed by atoms with van der Waals surface area (Å²) in [5.41, 5.74) is 20.0. The molecule has 0 saturated carbocycles. The molecule has 0 bridgehead atoms. The van der Waals surface area contributed by atoms with E-state index in [-0.39, 0.29) is 76.8 Å². The molecule has 4 aromatic rings. The number of carbonyl (C=O) groups is 9. The number of aromatic nitrogens is 3. The molecule has 27 heteroatoms. The third-order valence-corrected chi connectivity index (χ3v) is 13.9. The number of aromatic amines is 2. The molecular formula is C54H76N16O11. The van der Waals surface area contributed by atoms with E-state index in [2.05, 4.69) is 67.4 Å². The number of nitrogens with one attached hydrogen (secondary N) is 10. The lowest BCUT2D eigenvalue weighted by molar-refractivity contribution is -0.142. The largest absolute Gasteiger partial charge is 0.480 e. The number of carboxylic acid groups (broad SMARTS) is 1. The first-order valence-electron chi connectivity index (χ1n) is 27.3. The maximum atomic E-state index is 15.0. The minimum Gasteiger partial charge on any atom is -0.480 e. The number of fused-ring (bicyclic) bond motifs is 1. The number of hydrogen-bond acceptors (Lipinski definition) is 13. The quantitative estimate of drug-likeness (QED) is 0.0295. The average Bonchev–Trinajstić information content (AvgIpc) is 4.32. The van der Waals surface area contributed by atoms with Crippen molar-refractivity contribution >= 4 is 70.2 Å². The molecule has 17 N–H and O–H groups in total. The van der Waals surface area contributed by atoms with Gasteiger partial charge in [-0.3, -0.25) is 43.5 Å². The van der Waals surface area contributed by atoms with Crippen molar-refractivity contribution in [3.8, 4) is 0 Å². The van der Waals surface area contributed by atoms with E-state index in [0.29, 0.717) is 49.4 Å². The number of primary amides is 1. The van der Waals surface area contributed by atoms with Crippen molar-refractivity contribution in [2.45, 2.75) is 133 Å². The van der Waals surface area contributed by atoms with Crippen LogP contribution in [0.4, 0.5) is 4.79 Å². The number of unbranched alkanes of at least 4 members (excludes halogenated alkanes) is 1. The summed E-state index contributed by atoms with van der Waals surface area (Å²) >= 11 is 0. The van der Waals surface area contributed by atoms with Crippen LogP contribution >= 0.6 is 0 Å². The van der Waals surface area contributed by atoms with Crippen molar-refractivity contribution in [2.24, 2.45) is 22.2 Å². The normalized spacial score (nSPS) is 21.9. The first-order valence-corrected chi connectivity index (χ1v) is 27.3. The standard InChI is InChI=1S/C54H76N16O11/c1-2-3-10-39(69-54(57)80)47(73)68-44-27-45(71)59-18-7-6-12-40(52(78)79)64-49(75)42(25-34-28-61-37-11-5-4-9-36(34)37)66-46(72)38(13-8-19-60-53(55)56)63-48(74)41(65-50(76)43(67-51(44)77)26-35-29-58-31-62-35)24-32-14-16-33(17-15-32)30-70-20-22-81-23-21-70/h4-5,9,11,14-17,28-29,31,38-44,61H,2-3,6-8,10,12-13,18-27,30H2,1H3,(H,58,62)(H,59,71)(H,63,74)(H,64,75)(H,65,76)(H,66,72)(H,67,77)(H,68,73)(H,78,79)(H4,55,56,60)(H3,57,69,80)/t38-,39-,40-,41+,42-,43-,44-/m0/s1. The number of guanidine groups is 1. The van der Waals surface area contributed by atoms with Crippen molar-refractivity contribution in [1.82, 2.24) is 62.4 Å². The van der Waals surface area contributed by atoms with Gasteiger partial charge in [-0.05, 0) is 61.3 Å². The molecule has 27 nitrogen and oxygen atoms in total. The van der Waals surface area contributed by atoms with Crippen molar-refractivity contribution in [3.63, 3.8) is 0 Å². The molecule has 4 heterocycles. The molecule has 2 aliphatic heterocycles. The van der Waals surface area contributed by atoms with Crippen LogP contribution in [0.2, 0.25) is 0 Å². The Morgan fingerprint density at radius 3 is 2.12 bits per heavy atom. The maximum absolute atomic E-state index is 15.0. The predicted molar refractivity (Wildman–Crippen MR) is 297 cm³/mol. The number of carbonyl (C=O) groups excluding carboxylic acids is 8. The molecule has 0 spiro atoms. The highest BCUT2D eigenvalue weighted by Crippen LogP contribution is 2.20. The summed E-state index contributed by atoms with van der Waals surface area (Å²) in [4.78, 5) is 142. The Morgan fingerprint density at radius 1 is 0.790 bits per heavy atom. The average molecular weight is 1130 g/mol. The zero-order chi connectivity index (χ0) is 58.3. The molecule has 2 aliphatic rings. The van der Waals surface area contributed by atoms with Crippen molar-refractivity contribution in [2.75, 3.05) is 39.4 Å². The van der Waals surface area contributed by atoms with E-state index in [1.807, 2.05) is 37.3 Å². The second-order valence-corrected chi connectivity index (χ2v) is 20.2. The Morgan fingerprint density at radius 2 is 1.44 bits per heavy atom. The zero-order valence-corrected chi connectivity index (χ0v) is 45.4. The van der Waals surface area contributed by atoms with Crippen molar-refractivity contribution in [1.29, 1.82) is 0 Å². The van der Waals surface area contributed by atoms with Gasteiger partial charge in [0, 0.05) is 81.0 Å². The SMILES string of the molecule is CCCC[C@H](NC(N)=O)C(=O)N[C@H]1CC(=O)NCCCC[C@@H](C(=O)O)NC(=O)[C@H](Cc2c[nH]c3ccccc23)NC(=O)[C@H](CCCN=C(N)N)NC(=O)[C@@H](Cc2ccc(CN3CCOCC3)cc2)NC(=O)[C@H](Cc2cnc[nH]2)NC1=O. The molecular weight excluding hydrogens is 1050 g/mol. The molecule has 6 rings (SSSR count). The number of hydrogen-bond donors (Lipinski definition) is 14. The van der Waals surface area contributed by atoms with E-state index < -0.39 is 102 Å². The number of amides is 9. The molecule has 0 unspecified atom stereocenters. The number of imidazole rings is 1. The summed E-state index contributed by atoms with van der Waals surface area (Å²) in [6.45, 7) is 5.22. The lowest BCUT2D eigenvalue weighted by Gasteiger charge is -2.28. The zero-order valence-electron chi connectivity index (χ0n) is 45.4. The number of nitrogens with two attached hydrogens (primary N) is 3. The van der Waals surface area contributed by atoms with Gasteiger partial charge < -0.3 is 79.5 Å². The summed E-state index contributed by atoms with van der Waals surface area (Å²) < 4.78 is 5.50. The maximum Gasteiger partial charge on any atom is 0.326 e. The number of urea groups is 1. The summed E-state index contributed by atoms with van der Waals surface area (Å²) in [6.07, 6.45) is 4.91. The number of aliphatic carboxylic acids is 1. The van der Waals surface area contributed by atoms with Gasteiger partial charge in [-0.15, -0.1) is 0 Å². The molecule has 0 aliphatic carbocycles. The Balaban J connectivity index is 1.39.